The van der Waals surface area contributed by atoms with Crippen molar-refractivity contribution in [1.29, 1.82) is 0 Å². The molecule has 0 aromatic heterocycles. The van der Waals surface area contributed by atoms with Gasteiger partial charge in [-0.25, -0.2) is 9.52 Å². The second-order valence-corrected chi connectivity index (χ2v) is 13.5. The number of ether oxygens (including phenoxy) is 1. The summed E-state index contributed by atoms with van der Waals surface area (Å²) in [5, 5.41) is 0. The molecule has 0 unspecified atom stereocenters. The fraction of sp³-hybridized carbons (Fsp3) is 0.548. The Bertz CT molecular complexity index is 1320. The van der Waals surface area contributed by atoms with E-state index in [0.29, 0.717) is 12.6 Å². The van der Waals surface area contributed by atoms with E-state index in [-0.39, 0.29) is 24.7 Å². The van der Waals surface area contributed by atoms with Crippen LogP contribution in [0.1, 0.15) is 63.5 Å². The molecule has 1 saturated heterocycles. The molecular weight excluding hydrogens is 540 g/mol. The molecule has 2 amide bonds. The van der Waals surface area contributed by atoms with Gasteiger partial charge in [0.2, 0.25) is 5.91 Å². The molecule has 2 fully saturated rings. The number of nitrogens with one attached hydrogen (secondary N) is 2. The van der Waals surface area contributed by atoms with E-state index in [2.05, 4.69) is 35.6 Å². The van der Waals surface area contributed by atoms with Gasteiger partial charge in [-0.3, -0.25) is 4.79 Å². The molecule has 1 aliphatic carbocycles. The maximum Gasteiger partial charge on any atom is 0.427 e. The van der Waals surface area contributed by atoms with Crippen molar-refractivity contribution >= 4 is 22.2 Å². The summed E-state index contributed by atoms with van der Waals surface area (Å²) < 4.78 is 34.2. The fourth-order valence-electron chi connectivity index (χ4n) is 6.97. The van der Waals surface area contributed by atoms with E-state index in [4.69, 9.17) is 4.74 Å². The van der Waals surface area contributed by atoms with Crippen molar-refractivity contribution in [1.82, 2.24) is 19.2 Å². The summed E-state index contributed by atoms with van der Waals surface area (Å²) in [6, 6.07) is 17.0. The second-order valence-electron chi connectivity index (χ2n) is 12.0. The van der Waals surface area contributed by atoms with Crippen LogP contribution in [-0.4, -0.2) is 62.4 Å². The van der Waals surface area contributed by atoms with Crippen LogP contribution in [0.2, 0.25) is 0 Å². The zero-order valence-electron chi connectivity index (χ0n) is 24.1. The average molecular weight is 583 g/mol. The number of piperidine rings is 1. The quantitative estimate of drug-likeness (QED) is 0.483. The number of para-hydroxylation sites is 1. The molecule has 0 atom stereocenters. The van der Waals surface area contributed by atoms with Crippen molar-refractivity contribution < 1.29 is 22.7 Å². The first-order valence-corrected chi connectivity index (χ1v) is 16.3. The predicted molar refractivity (Wildman–Crippen MR) is 157 cm³/mol. The number of rotatable bonds is 8. The summed E-state index contributed by atoms with van der Waals surface area (Å²) in [5.74, 6) is 1.86. The largest absolute Gasteiger partial charge is 0.427 e. The lowest BCUT2D eigenvalue weighted by Crippen LogP contribution is -2.58. The van der Waals surface area contributed by atoms with Crippen LogP contribution >= 0.6 is 0 Å². The molecule has 5 rings (SSSR count). The van der Waals surface area contributed by atoms with Gasteiger partial charge in [0.15, 0.2) is 0 Å². The molecule has 2 heterocycles. The standard InChI is InChI=1S/C31H42N4O5S/c1-23(2)24-12-14-26(15-13-24)34-19-16-31(17-20-34)28-11-7-6-8-25(28)22-35(29(31)36)21-18-32-41(38,39)33-30(37)40-27-9-4-3-5-10-27/h3-11,23-24,26,32H,12-22H2,1-2H3,(H,33,37). The number of benzene rings is 2. The van der Waals surface area contributed by atoms with Crippen LogP contribution in [0.4, 0.5) is 4.79 Å². The van der Waals surface area contributed by atoms with Crippen LogP contribution in [0.25, 0.3) is 0 Å². The molecule has 3 aliphatic rings. The molecule has 222 valence electrons. The lowest BCUT2D eigenvalue weighted by Gasteiger charge is -2.49. The Morgan fingerprint density at radius 3 is 2.34 bits per heavy atom. The fourth-order valence-corrected chi connectivity index (χ4v) is 7.66. The Hall–Kier alpha value is -2.95. The first-order chi connectivity index (χ1) is 19.7. The van der Waals surface area contributed by atoms with Gasteiger partial charge in [-0.1, -0.05) is 56.3 Å². The lowest BCUT2D eigenvalue weighted by atomic mass is 9.67. The maximum atomic E-state index is 14.0. The molecule has 41 heavy (non-hydrogen) atoms. The minimum absolute atomic E-state index is 0.0246. The molecule has 2 aromatic carbocycles. The van der Waals surface area contributed by atoms with Gasteiger partial charge in [0.05, 0.1) is 5.41 Å². The van der Waals surface area contributed by atoms with Crippen LogP contribution in [0.5, 0.6) is 5.75 Å². The van der Waals surface area contributed by atoms with Crippen LogP contribution < -0.4 is 14.2 Å². The van der Waals surface area contributed by atoms with Gasteiger partial charge >= 0.3 is 16.3 Å². The van der Waals surface area contributed by atoms with Crippen molar-refractivity contribution in [2.24, 2.45) is 11.8 Å². The predicted octanol–water partition coefficient (Wildman–Crippen LogP) is 4.20. The third-order valence-corrected chi connectivity index (χ3v) is 10.3. The summed E-state index contributed by atoms with van der Waals surface area (Å²) in [7, 11) is -4.16. The summed E-state index contributed by atoms with van der Waals surface area (Å²) in [5.41, 5.74) is 1.65. The topological polar surface area (TPSA) is 108 Å². The number of carbonyl (C=O) groups is 2. The summed E-state index contributed by atoms with van der Waals surface area (Å²) in [6.45, 7) is 7.06. The first-order valence-electron chi connectivity index (χ1n) is 14.8. The van der Waals surface area contributed by atoms with Crippen LogP contribution in [0.3, 0.4) is 0 Å². The zero-order chi connectivity index (χ0) is 29.0. The molecule has 2 N–H and O–H groups in total. The highest BCUT2D eigenvalue weighted by Gasteiger charge is 2.49. The Balaban J connectivity index is 1.19. The Kier molecular flexibility index (Phi) is 9.01. The number of amides is 2. The first kappa shape index (κ1) is 29.5. The molecule has 9 nitrogen and oxygen atoms in total. The zero-order valence-corrected chi connectivity index (χ0v) is 24.9. The van der Waals surface area contributed by atoms with Crippen LogP contribution in [0, 0.1) is 11.8 Å². The van der Waals surface area contributed by atoms with Crippen molar-refractivity contribution in [2.45, 2.75) is 70.4 Å². The van der Waals surface area contributed by atoms with E-state index >= 15 is 0 Å². The van der Waals surface area contributed by atoms with Crippen molar-refractivity contribution in [3.8, 4) is 5.75 Å². The molecule has 1 spiro atoms. The lowest BCUT2D eigenvalue weighted by molar-refractivity contribution is -0.142. The van der Waals surface area contributed by atoms with Crippen molar-refractivity contribution in [3.63, 3.8) is 0 Å². The molecule has 0 bridgehead atoms. The number of nitrogens with zero attached hydrogens (tertiary/aromatic N) is 2. The molecular formula is C31H42N4O5S. The number of hydrogen-bond donors (Lipinski definition) is 2. The van der Waals surface area contributed by atoms with Crippen molar-refractivity contribution in [2.75, 3.05) is 26.2 Å². The van der Waals surface area contributed by atoms with E-state index in [1.54, 1.807) is 35.2 Å². The third-order valence-electron chi connectivity index (χ3n) is 9.29. The molecule has 2 aliphatic heterocycles. The Morgan fingerprint density at radius 2 is 1.66 bits per heavy atom. The van der Waals surface area contributed by atoms with E-state index in [1.165, 1.54) is 25.7 Å². The van der Waals surface area contributed by atoms with E-state index in [1.807, 2.05) is 16.9 Å². The van der Waals surface area contributed by atoms with Crippen LogP contribution in [0.15, 0.2) is 54.6 Å². The highest BCUT2D eigenvalue weighted by molar-refractivity contribution is 7.88. The number of carbonyl (C=O) groups excluding carboxylic acids is 2. The summed E-state index contributed by atoms with van der Waals surface area (Å²) >= 11 is 0. The monoisotopic (exact) mass is 582 g/mol. The SMILES string of the molecule is CC(C)C1CCC(N2CCC3(CC2)C(=O)N(CCNS(=O)(=O)NC(=O)Oc2ccccc2)Cc2ccccc23)CC1. The van der Waals surface area contributed by atoms with Gasteiger partial charge in [-0.15, -0.1) is 0 Å². The van der Waals surface area contributed by atoms with Gasteiger partial charge in [0.1, 0.15) is 5.75 Å². The molecule has 10 heteroatoms. The highest BCUT2D eigenvalue weighted by Crippen LogP contribution is 2.44. The van der Waals surface area contributed by atoms with E-state index < -0.39 is 21.7 Å². The van der Waals surface area contributed by atoms with E-state index in [0.717, 1.165) is 48.9 Å². The Labute approximate surface area is 243 Å². The maximum absolute atomic E-state index is 14.0. The average Bonchev–Trinajstić information content (AvgIpc) is 2.96. The number of likely N-dealkylation sites (tertiary alicyclic amines) is 1. The minimum Gasteiger partial charge on any atom is -0.410 e. The number of fused-ring (bicyclic) bond motifs is 2. The second kappa shape index (κ2) is 12.5. The molecule has 0 radical (unpaired) electrons. The molecule has 2 aromatic rings. The van der Waals surface area contributed by atoms with Crippen LogP contribution in [-0.2, 0) is 27.0 Å². The van der Waals surface area contributed by atoms with Gasteiger partial charge < -0.3 is 14.5 Å². The van der Waals surface area contributed by atoms with Gasteiger partial charge in [0.25, 0.3) is 0 Å². The normalized spacial score (nSPS) is 22.9. The smallest absolute Gasteiger partial charge is 0.410 e. The highest BCUT2D eigenvalue weighted by atomic mass is 32.2. The summed E-state index contributed by atoms with van der Waals surface area (Å²) in [6.07, 6.45) is 5.47. The number of hydrogen-bond acceptors (Lipinski definition) is 6. The third kappa shape index (κ3) is 6.76. The van der Waals surface area contributed by atoms with Gasteiger partial charge in [0, 0.05) is 25.7 Å². The van der Waals surface area contributed by atoms with E-state index in [9.17, 15) is 18.0 Å². The molecule has 1 saturated carbocycles. The van der Waals surface area contributed by atoms with Gasteiger partial charge in [-0.05, 0) is 86.7 Å². The van der Waals surface area contributed by atoms with Gasteiger partial charge in [-0.2, -0.15) is 13.1 Å². The summed E-state index contributed by atoms with van der Waals surface area (Å²) in [4.78, 5) is 30.5. The minimum atomic E-state index is -4.16. The van der Waals surface area contributed by atoms with Crippen molar-refractivity contribution in [3.05, 3.63) is 65.7 Å². The Morgan fingerprint density at radius 1 is 1.00 bits per heavy atom.